The molecule has 0 spiro atoms. The van der Waals surface area contributed by atoms with Gasteiger partial charge in [0.15, 0.2) is 0 Å². The van der Waals surface area contributed by atoms with Crippen LogP contribution in [0.1, 0.15) is 40.5 Å². The Morgan fingerprint density at radius 1 is 1.29 bits per heavy atom. The molecule has 2 amide bonds. The van der Waals surface area contributed by atoms with Crippen molar-refractivity contribution in [2.45, 2.75) is 52.1 Å². The van der Waals surface area contributed by atoms with E-state index in [4.69, 9.17) is 5.73 Å². The van der Waals surface area contributed by atoms with E-state index in [0.29, 0.717) is 12.3 Å². The van der Waals surface area contributed by atoms with Crippen molar-refractivity contribution in [1.82, 2.24) is 10.6 Å². The Morgan fingerprint density at radius 2 is 1.82 bits per heavy atom. The van der Waals surface area contributed by atoms with Gasteiger partial charge in [0, 0.05) is 19.0 Å². The molecule has 0 aromatic rings. The number of nitrogens with one attached hydrogen (secondary N) is 2. The maximum absolute atomic E-state index is 11.7. The summed E-state index contributed by atoms with van der Waals surface area (Å²) >= 11 is 0. The van der Waals surface area contributed by atoms with Crippen molar-refractivity contribution in [2.75, 3.05) is 7.05 Å². The number of likely N-dealkylation sites (N-methyl/N-ethyl adjacent to an activating group) is 1. The molecule has 0 aromatic carbocycles. The molecule has 0 aliphatic heterocycles. The molecule has 0 aliphatic carbocycles. The second kappa shape index (κ2) is 6.59. The van der Waals surface area contributed by atoms with Crippen LogP contribution in [0, 0.1) is 5.92 Å². The van der Waals surface area contributed by atoms with Crippen LogP contribution < -0.4 is 16.4 Å². The van der Waals surface area contributed by atoms with Crippen LogP contribution in [-0.2, 0) is 9.59 Å². The first-order valence-electron chi connectivity index (χ1n) is 5.95. The largest absolute Gasteiger partial charge is 0.357 e. The fraction of sp³-hybridized carbons (Fsp3) is 0.833. The molecule has 17 heavy (non-hydrogen) atoms. The average Bonchev–Trinajstić information content (AvgIpc) is 2.11. The predicted octanol–water partition coefficient (Wildman–Crippen LogP) is 0.391. The molecule has 0 fully saturated rings. The van der Waals surface area contributed by atoms with Crippen molar-refractivity contribution >= 4 is 11.8 Å². The molecule has 4 N–H and O–H groups in total. The molecule has 0 aliphatic rings. The molecule has 0 saturated carbocycles. The topological polar surface area (TPSA) is 84.2 Å². The molecule has 0 bridgehead atoms. The second-order valence-electron chi connectivity index (χ2n) is 5.53. The van der Waals surface area contributed by atoms with E-state index in [2.05, 4.69) is 10.6 Å². The highest BCUT2D eigenvalue weighted by atomic mass is 16.2. The molecule has 5 nitrogen and oxygen atoms in total. The van der Waals surface area contributed by atoms with Gasteiger partial charge in [0.2, 0.25) is 11.8 Å². The monoisotopic (exact) mass is 243 g/mol. The second-order valence-corrected chi connectivity index (χ2v) is 5.53. The summed E-state index contributed by atoms with van der Waals surface area (Å²) in [6, 6.07) is -0.477. The van der Waals surface area contributed by atoms with Crippen molar-refractivity contribution in [2.24, 2.45) is 11.7 Å². The minimum Gasteiger partial charge on any atom is -0.357 e. The molecule has 0 aromatic heterocycles. The van der Waals surface area contributed by atoms with Crippen LogP contribution in [0.5, 0.6) is 0 Å². The highest BCUT2D eigenvalue weighted by Gasteiger charge is 2.23. The van der Waals surface area contributed by atoms with Crippen LogP contribution in [0.25, 0.3) is 0 Å². The first-order chi connectivity index (χ1) is 7.65. The number of hydrogen-bond donors (Lipinski definition) is 3. The van der Waals surface area contributed by atoms with E-state index >= 15 is 0 Å². The third-order valence-electron chi connectivity index (χ3n) is 2.22. The number of carbonyl (C=O) groups excluding carboxylic acids is 2. The fourth-order valence-corrected chi connectivity index (χ4v) is 1.54. The van der Waals surface area contributed by atoms with Crippen molar-refractivity contribution in [3.05, 3.63) is 0 Å². The van der Waals surface area contributed by atoms with Crippen LogP contribution >= 0.6 is 0 Å². The molecule has 1 unspecified atom stereocenters. The SMILES string of the molecule is CNC(=O)C(CC(C)C)NC(=O)CC(C)(C)N. The quantitative estimate of drug-likeness (QED) is 0.631. The number of amides is 2. The van der Waals surface area contributed by atoms with E-state index in [1.165, 1.54) is 0 Å². The minimum absolute atomic E-state index is 0.165. The van der Waals surface area contributed by atoms with E-state index < -0.39 is 11.6 Å². The minimum atomic E-state index is -0.560. The zero-order valence-electron chi connectivity index (χ0n) is 11.5. The van der Waals surface area contributed by atoms with Crippen molar-refractivity contribution in [3.63, 3.8) is 0 Å². The summed E-state index contributed by atoms with van der Waals surface area (Å²) in [7, 11) is 1.56. The zero-order valence-corrected chi connectivity index (χ0v) is 11.5. The van der Waals surface area contributed by atoms with Gasteiger partial charge in [-0.25, -0.2) is 0 Å². The molecule has 0 rings (SSSR count). The predicted molar refractivity (Wildman–Crippen MR) is 68.3 cm³/mol. The standard InChI is InChI=1S/C12H25N3O2/c1-8(2)6-9(11(17)14-5)15-10(16)7-12(3,4)13/h8-9H,6-7,13H2,1-5H3,(H,14,17)(H,15,16). The van der Waals surface area contributed by atoms with Gasteiger partial charge in [0.25, 0.3) is 0 Å². The van der Waals surface area contributed by atoms with Crippen LogP contribution in [0.4, 0.5) is 0 Å². The summed E-state index contributed by atoms with van der Waals surface area (Å²) in [5.41, 5.74) is 5.20. The average molecular weight is 243 g/mol. The van der Waals surface area contributed by atoms with E-state index in [-0.39, 0.29) is 18.2 Å². The van der Waals surface area contributed by atoms with Gasteiger partial charge in [-0.1, -0.05) is 13.8 Å². The first-order valence-corrected chi connectivity index (χ1v) is 5.95. The van der Waals surface area contributed by atoms with Gasteiger partial charge >= 0.3 is 0 Å². The normalized spacial score (nSPS) is 13.4. The van der Waals surface area contributed by atoms with E-state index in [1.54, 1.807) is 20.9 Å². The van der Waals surface area contributed by atoms with Gasteiger partial charge in [0.1, 0.15) is 6.04 Å². The Hall–Kier alpha value is -1.10. The number of hydrogen-bond acceptors (Lipinski definition) is 3. The molecular weight excluding hydrogens is 218 g/mol. The molecule has 1 atom stereocenters. The highest BCUT2D eigenvalue weighted by Crippen LogP contribution is 2.07. The lowest BCUT2D eigenvalue weighted by Crippen LogP contribution is -2.49. The molecule has 0 saturated heterocycles. The summed E-state index contributed by atoms with van der Waals surface area (Å²) in [6.45, 7) is 7.58. The van der Waals surface area contributed by atoms with Crippen LogP contribution in [0.15, 0.2) is 0 Å². The smallest absolute Gasteiger partial charge is 0.242 e. The van der Waals surface area contributed by atoms with Gasteiger partial charge in [-0.2, -0.15) is 0 Å². The van der Waals surface area contributed by atoms with Crippen LogP contribution in [0.2, 0.25) is 0 Å². The Balaban J connectivity index is 4.43. The molecular formula is C12H25N3O2. The van der Waals surface area contributed by atoms with Crippen LogP contribution in [-0.4, -0.2) is 30.4 Å². The maximum Gasteiger partial charge on any atom is 0.242 e. The molecule has 0 heterocycles. The van der Waals surface area contributed by atoms with Crippen molar-refractivity contribution in [1.29, 1.82) is 0 Å². The summed E-state index contributed by atoms with van der Waals surface area (Å²) in [5, 5.41) is 5.28. The van der Waals surface area contributed by atoms with Crippen molar-refractivity contribution in [3.8, 4) is 0 Å². The fourth-order valence-electron chi connectivity index (χ4n) is 1.54. The Kier molecular flexibility index (Phi) is 6.16. The first kappa shape index (κ1) is 15.9. The zero-order chi connectivity index (χ0) is 13.6. The summed E-state index contributed by atoms with van der Waals surface area (Å²) in [6.07, 6.45) is 0.828. The summed E-state index contributed by atoms with van der Waals surface area (Å²) in [4.78, 5) is 23.3. The highest BCUT2D eigenvalue weighted by molar-refractivity contribution is 5.87. The summed E-state index contributed by atoms with van der Waals surface area (Å²) < 4.78 is 0. The van der Waals surface area contributed by atoms with Crippen molar-refractivity contribution < 1.29 is 9.59 Å². The molecule has 100 valence electrons. The lowest BCUT2D eigenvalue weighted by molar-refractivity contribution is -0.129. The lowest BCUT2D eigenvalue weighted by Gasteiger charge is -2.22. The van der Waals surface area contributed by atoms with Gasteiger partial charge in [0.05, 0.1) is 0 Å². The summed E-state index contributed by atoms with van der Waals surface area (Å²) in [5.74, 6) is -0.0166. The third kappa shape index (κ3) is 7.74. The van der Waals surface area contributed by atoms with Gasteiger partial charge in [-0.15, -0.1) is 0 Å². The maximum atomic E-state index is 11.7. The Morgan fingerprint density at radius 3 is 2.18 bits per heavy atom. The number of nitrogens with two attached hydrogens (primary N) is 1. The molecule has 0 radical (unpaired) electrons. The van der Waals surface area contributed by atoms with Gasteiger partial charge in [-0.05, 0) is 26.2 Å². The Labute approximate surface area is 104 Å². The third-order valence-corrected chi connectivity index (χ3v) is 2.22. The van der Waals surface area contributed by atoms with E-state index in [1.807, 2.05) is 13.8 Å². The molecule has 5 heteroatoms. The van der Waals surface area contributed by atoms with Gasteiger partial charge in [-0.3, -0.25) is 9.59 Å². The van der Waals surface area contributed by atoms with Gasteiger partial charge < -0.3 is 16.4 Å². The van der Waals surface area contributed by atoms with E-state index in [0.717, 1.165) is 0 Å². The lowest BCUT2D eigenvalue weighted by atomic mass is 10.00. The number of rotatable bonds is 6. The number of carbonyl (C=O) groups is 2. The Bertz CT molecular complexity index is 269. The van der Waals surface area contributed by atoms with Crippen LogP contribution in [0.3, 0.4) is 0 Å². The van der Waals surface area contributed by atoms with E-state index in [9.17, 15) is 9.59 Å².